The molecule has 1 N–H and O–H groups in total. The predicted molar refractivity (Wildman–Crippen MR) is 45.4 cm³/mol. The minimum absolute atomic E-state index is 0.0838. The number of aromatic carboxylic acids is 1. The second kappa shape index (κ2) is 4.65. The minimum Gasteiger partial charge on any atom is -0.478 e. The van der Waals surface area contributed by atoms with Gasteiger partial charge in [0.25, 0.3) is 0 Å². The van der Waals surface area contributed by atoms with E-state index in [1.165, 1.54) is 0 Å². The Hall–Kier alpha value is -2.05. The predicted octanol–water partition coefficient (Wildman–Crippen LogP) is 1.94. The van der Waals surface area contributed by atoms with Crippen LogP contribution in [0.15, 0.2) is 12.1 Å². The first-order chi connectivity index (χ1) is 7.47. The van der Waals surface area contributed by atoms with Gasteiger partial charge in [-0.15, -0.1) is 0 Å². The largest absolute Gasteiger partial charge is 0.478 e. The molecule has 4 nitrogen and oxygen atoms in total. The van der Waals surface area contributed by atoms with E-state index in [-0.39, 0.29) is 6.29 Å². The lowest BCUT2D eigenvalue weighted by molar-refractivity contribution is -0.0502. The van der Waals surface area contributed by atoms with E-state index in [4.69, 9.17) is 5.11 Å². The van der Waals surface area contributed by atoms with Gasteiger partial charge < -0.3 is 9.84 Å². The van der Waals surface area contributed by atoms with E-state index in [9.17, 15) is 22.8 Å². The van der Waals surface area contributed by atoms with Crippen LogP contribution in [0.1, 0.15) is 20.7 Å². The van der Waals surface area contributed by atoms with Crippen molar-refractivity contribution in [2.24, 2.45) is 0 Å². The summed E-state index contributed by atoms with van der Waals surface area (Å²) >= 11 is 0. The Labute approximate surface area is 87.3 Å². The van der Waals surface area contributed by atoms with Gasteiger partial charge in [-0.2, -0.15) is 8.78 Å². The third kappa shape index (κ3) is 2.30. The fourth-order valence-corrected chi connectivity index (χ4v) is 1.05. The smallest absolute Gasteiger partial charge is 0.387 e. The summed E-state index contributed by atoms with van der Waals surface area (Å²) in [6.45, 7) is -3.23. The number of rotatable bonds is 4. The number of carboxylic acid groups (broad SMARTS) is 1. The minimum atomic E-state index is -3.23. The number of hydrogen-bond donors (Lipinski definition) is 1. The van der Waals surface area contributed by atoms with Gasteiger partial charge in [0.1, 0.15) is 5.75 Å². The fourth-order valence-electron chi connectivity index (χ4n) is 1.05. The van der Waals surface area contributed by atoms with Crippen LogP contribution in [0.2, 0.25) is 0 Å². The lowest BCUT2D eigenvalue weighted by atomic mass is 10.1. The van der Waals surface area contributed by atoms with Crippen molar-refractivity contribution >= 4 is 12.3 Å². The standard InChI is InChI=1S/C9H5F3O4/c10-7-4(8(14)15)1-2-6(5(7)3-13)16-9(11)12/h1-3,9H,(H,14,15). The number of alkyl halides is 2. The number of ether oxygens (including phenoxy) is 1. The molecule has 0 radical (unpaired) electrons. The zero-order chi connectivity index (χ0) is 12.3. The van der Waals surface area contributed by atoms with Gasteiger partial charge >= 0.3 is 12.6 Å². The average Bonchev–Trinajstić information content (AvgIpc) is 2.16. The van der Waals surface area contributed by atoms with Crippen molar-refractivity contribution in [1.82, 2.24) is 0 Å². The van der Waals surface area contributed by atoms with Crippen LogP contribution in [0.5, 0.6) is 5.75 Å². The molecular weight excluding hydrogens is 229 g/mol. The second-order valence-corrected chi connectivity index (χ2v) is 2.64. The summed E-state index contributed by atoms with van der Waals surface area (Å²) < 4.78 is 40.9. The zero-order valence-electron chi connectivity index (χ0n) is 7.62. The molecule has 0 atom stereocenters. The SMILES string of the molecule is O=Cc1c(OC(F)F)ccc(C(=O)O)c1F. The maximum atomic E-state index is 13.3. The summed E-state index contributed by atoms with van der Waals surface area (Å²) in [7, 11) is 0. The number of hydrogen-bond acceptors (Lipinski definition) is 3. The molecule has 0 amide bonds. The fraction of sp³-hybridized carbons (Fsp3) is 0.111. The monoisotopic (exact) mass is 234 g/mol. The molecule has 1 aromatic rings. The van der Waals surface area contributed by atoms with Crippen molar-refractivity contribution in [3.05, 3.63) is 29.1 Å². The number of carbonyl (C=O) groups excluding carboxylic acids is 1. The van der Waals surface area contributed by atoms with Crippen LogP contribution in [0.3, 0.4) is 0 Å². The number of carboxylic acids is 1. The summed E-state index contributed by atoms with van der Waals surface area (Å²) in [5.74, 6) is -3.71. The average molecular weight is 234 g/mol. The topological polar surface area (TPSA) is 63.6 Å². The van der Waals surface area contributed by atoms with Gasteiger partial charge in [-0.05, 0) is 12.1 Å². The first-order valence-corrected chi connectivity index (χ1v) is 3.93. The van der Waals surface area contributed by atoms with E-state index in [1.807, 2.05) is 0 Å². The van der Waals surface area contributed by atoms with Crippen molar-refractivity contribution < 1.29 is 32.6 Å². The van der Waals surface area contributed by atoms with E-state index >= 15 is 0 Å². The molecule has 1 rings (SSSR count). The van der Waals surface area contributed by atoms with E-state index in [2.05, 4.69) is 4.74 Å². The highest BCUT2D eigenvalue weighted by atomic mass is 19.3. The molecule has 0 aliphatic heterocycles. The molecule has 0 aliphatic rings. The Bertz CT molecular complexity index is 431. The molecule has 7 heteroatoms. The number of carbonyl (C=O) groups is 2. The molecule has 0 aliphatic carbocycles. The van der Waals surface area contributed by atoms with E-state index in [1.54, 1.807) is 0 Å². The molecule has 0 bridgehead atoms. The van der Waals surface area contributed by atoms with Gasteiger partial charge in [-0.3, -0.25) is 4.79 Å². The Morgan fingerprint density at radius 3 is 2.50 bits per heavy atom. The van der Waals surface area contributed by atoms with Crippen molar-refractivity contribution in [2.45, 2.75) is 6.61 Å². The molecule has 0 saturated heterocycles. The molecule has 0 fully saturated rings. The summed E-state index contributed by atoms with van der Waals surface area (Å²) in [5.41, 5.74) is -1.64. The highest BCUT2D eigenvalue weighted by Gasteiger charge is 2.19. The van der Waals surface area contributed by atoms with Crippen LogP contribution in [-0.4, -0.2) is 24.0 Å². The Morgan fingerprint density at radius 2 is 2.06 bits per heavy atom. The van der Waals surface area contributed by atoms with Gasteiger partial charge in [0.2, 0.25) is 0 Å². The molecule has 0 unspecified atom stereocenters. The van der Waals surface area contributed by atoms with Crippen LogP contribution in [-0.2, 0) is 0 Å². The number of halogens is 3. The molecule has 0 spiro atoms. The third-order valence-corrected chi connectivity index (χ3v) is 1.70. The van der Waals surface area contributed by atoms with Crippen molar-refractivity contribution in [1.29, 1.82) is 0 Å². The molecule has 16 heavy (non-hydrogen) atoms. The lowest BCUT2D eigenvalue weighted by Crippen LogP contribution is -2.09. The number of aldehydes is 1. The second-order valence-electron chi connectivity index (χ2n) is 2.64. The molecule has 0 heterocycles. The van der Waals surface area contributed by atoms with Crippen molar-refractivity contribution in [2.75, 3.05) is 0 Å². The Morgan fingerprint density at radius 1 is 1.44 bits per heavy atom. The Kier molecular flexibility index (Phi) is 3.49. The quantitative estimate of drug-likeness (QED) is 0.808. The maximum absolute atomic E-state index is 13.3. The summed E-state index contributed by atoms with van der Waals surface area (Å²) in [5, 5.41) is 8.51. The first-order valence-electron chi connectivity index (χ1n) is 3.93. The van der Waals surface area contributed by atoms with Crippen molar-refractivity contribution in [3.8, 4) is 5.75 Å². The van der Waals surface area contributed by atoms with Crippen molar-refractivity contribution in [3.63, 3.8) is 0 Å². The van der Waals surface area contributed by atoms with Gasteiger partial charge in [0.15, 0.2) is 12.1 Å². The van der Waals surface area contributed by atoms with Gasteiger partial charge in [-0.1, -0.05) is 0 Å². The maximum Gasteiger partial charge on any atom is 0.387 e. The van der Waals surface area contributed by atoms with Gasteiger partial charge in [0.05, 0.1) is 11.1 Å². The zero-order valence-corrected chi connectivity index (χ0v) is 7.62. The molecular formula is C9H5F3O4. The molecule has 1 aromatic carbocycles. The van der Waals surface area contributed by atoms with Crippen LogP contribution < -0.4 is 4.74 Å². The molecule has 0 aromatic heterocycles. The summed E-state index contributed by atoms with van der Waals surface area (Å²) in [6, 6.07) is 1.53. The van der Waals surface area contributed by atoms with E-state index in [0.717, 1.165) is 12.1 Å². The summed E-state index contributed by atoms with van der Waals surface area (Å²) in [6.07, 6.45) is -0.0838. The normalized spacial score (nSPS) is 10.2. The van der Waals surface area contributed by atoms with E-state index in [0.29, 0.717) is 0 Å². The Balaban J connectivity index is 3.29. The lowest BCUT2D eigenvalue weighted by Gasteiger charge is -2.08. The van der Waals surface area contributed by atoms with Crippen LogP contribution in [0, 0.1) is 5.82 Å². The number of benzene rings is 1. The van der Waals surface area contributed by atoms with Crippen LogP contribution >= 0.6 is 0 Å². The van der Waals surface area contributed by atoms with Gasteiger partial charge in [-0.25, -0.2) is 9.18 Å². The first kappa shape index (κ1) is 12.0. The van der Waals surface area contributed by atoms with E-state index < -0.39 is 35.3 Å². The highest BCUT2D eigenvalue weighted by molar-refractivity contribution is 5.92. The van der Waals surface area contributed by atoms with Crippen LogP contribution in [0.25, 0.3) is 0 Å². The highest BCUT2D eigenvalue weighted by Crippen LogP contribution is 2.24. The van der Waals surface area contributed by atoms with Crippen LogP contribution in [0.4, 0.5) is 13.2 Å². The third-order valence-electron chi connectivity index (χ3n) is 1.70. The summed E-state index contributed by atoms with van der Waals surface area (Å²) in [4.78, 5) is 20.9. The molecule has 0 saturated carbocycles. The molecule has 86 valence electrons. The van der Waals surface area contributed by atoms with Gasteiger partial charge in [0, 0.05) is 0 Å².